The number of imidazole rings is 1. The van der Waals surface area contributed by atoms with Crippen molar-refractivity contribution in [2.75, 3.05) is 25.1 Å². The first kappa shape index (κ1) is 25.0. The smallest absolute Gasteiger partial charge is 0.414 e. The van der Waals surface area contributed by atoms with E-state index in [2.05, 4.69) is 5.10 Å². The lowest BCUT2D eigenvalue weighted by molar-refractivity contribution is -0.131. The summed E-state index contributed by atoms with van der Waals surface area (Å²) in [5, 5.41) is 4.31. The Hall–Kier alpha value is -3.69. The predicted octanol–water partition coefficient (Wildman–Crippen LogP) is 3.21. The Labute approximate surface area is 216 Å². The fourth-order valence-electron chi connectivity index (χ4n) is 5.74. The zero-order valence-corrected chi connectivity index (χ0v) is 21.7. The summed E-state index contributed by atoms with van der Waals surface area (Å²) in [7, 11) is 1.40. The van der Waals surface area contributed by atoms with E-state index in [1.54, 1.807) is 18.0 Å². The van der Waals surface area contributed by atoms with Gasteiger partial charge in [0, 0.05) is 56.5 Å². The standard InChI is InChI=1S/C27H34N6O4/c1-18-5-6-21-22(33(18)27(36)37-3)7-8-23-26(21)29-24(10-14-31-12-4-11-28-31)32(23)17-25(35)30-13-9-20(16-30)15-19(2)34/h4,7-8,11-12,18,20H,5-6,9-10,13-17H2,1-3H3/t18-,20+/m0/s1. The zero-order valence-electron chi connectivity index (χ0n) is 21.7. The Bertz CT molecular complexity index is 1310. The number of amides is 2. The van der Waals surface area contributed by atoms with Gasteiger partial charge in [0.2, 0.25) is 5.91 Å². The molecule has 2 amide bonds. The van der Waals surface area contributed by atoms with Crippen LogP contribution in [0.1, 0.15) is 44.5 Å². The first-order valence-corrected chi connectivity index (χ1v) is 13.0. The van der Waals surface area contributed by atoms with Crippen molar-refractivity contribution in [1.82, 2.24) is 24.2 Å². The summed E-state index contributed by atoms with van der Waals surface area (Å²) in [6.45, 7) is 5.75. The maximum atomic E-state index is 13.4. The Morgan fingerprint density at radius 2 is 2.03 bits per heavy atom. The Kier molecular flexibility index (Phi) is 6.99. The number of anilines is 1. The Balaban J connectivity index is 1.48. The third-order valence-corrected chi connectivity index (χ3v) is 7.60. The number of Topliss-reactive ketones (excluding diaryl/α,β-unsaturated/α-hetero) is 1. The molecule has 0 radical (unpaired) electrons. The molecule has 0 bridgehead atoms. The van der Waals surface area contributed by atoms with Gasteiger partial charge in [0.05, 0.1) is 23.8 Å². The lowest BCUT2D eigenvalue weighted by atomic mass is 9.96. The average molecular weight is 507 g/mol. The molecule has 37 heavy (non-hydrogen) atoms. The summed E-state index contributed by atoms with van der Waals surface area (Å²) < 4.78 is 8.93. The second-order valence-corrected chi connectivity index (χ2v) is 10.2. The predicted molar refractivity (Wildman–Crippen MR) is 138 cm³/mol. The van der Waals surface area contributed by atoms with Crippen molar-refractivity contribution in [3.8, 4) is 0 Å². The van der Waals surface area contributed by atoms with E-state index in [1.165, 1.54) is 7.11 Å². The molecule has 1 fully saturated rings. The van der Waals surface area contributed by atoms with Crippen molar-refractivity contribution >= 4 is 34.5 Å². The molecular weight excluding hydrogens is 472 g/mol. The Morgan fingerprint density at radius 1 is 1.19 bits per heavy atom. The minimum absolute atomic E-state index is 0.0264. The van der Waals surface area contributed by atoms with Gasteiger partial charge in [-0.3, -0.25) is 14.4 Å². The summed E-state index contributed by atoms with van der Waals surface area (Å²) in [6, 6.07) is 5.82. The number of hydrogen-bond donors (Lipinski definition) is 0. The summed E-state index contributed by atoms with van der Waals surface area (Å²) in [5.74, 6) is 1.25. The topological polar surface area (TPSA) is 103 Å². The van der Waals surface area contributed by atoms with Crippen molar-refractivity contribution in [3.63, 3.8) is 0 Å². The van der Waals surface area contributed by atoms with E-state index >= 15 is 0 Å². The summed E-state index contributed by atoms with van der Waals surface area (Å²) in [5.41, 5.74) is 3.55. The van der Waals surface area contributed by atoms with Crippen LogP contribution in [0.3, 0.4) is 0 Å². The summed E-state index contributed by atoms with van der Waals surface area (Å²) >= 11 is 0. The number of fused-ring (bicyclic) bond motifs is 3. The molecule has 3 aromatic rings. The molecule has 2 atom stereocenters. The molecule has 196 valence electrons. The monoisotopic (exact) mass is 506 g/mol. The van der Waals surface area contributed by atoms with Gasteiger partial charge in [0.25, 0.3) is 0 Å². The van der Waals surface area contributed by atoms with Gasteiger partial charge in [-0.2, -0.15) is 5.10 Å². The van der Waals surface area contributed by atoms with Crippen LogP contribution in [0.25, 0.3) is 11.0 Å². The number of benzene rings is 1. The summed E-state index contributed by atoms with van der Waals surface area (Å²) in [6.07, 6.45) is 6.87. The number of hydrogen-bond acceptors (Lipinski definition) is 6. The van der Waals surface area contributed by atoms with Crippen LogP contribution in [-0.2, 0) is 40.3 Å². The van der Waals surface area contributed by atoms with Gasteiger partial charge in [0.15, 0.2) is 0 Å². The van der Waals surface area contributed by atoms with E-state index < -0.39 is 0 Å². The van der Waals surface area contributed by atoms with E-state index in [9.17, 15) is 14.4 Å². The number of ketones is 1. The highest BCUT2D eigenvalue weighted by Gasteiger charge is 2.32. The van der Waals surface area contributed by atoms with Crippen LogP contribution in [0.15, 0.2) is 30.6 Å². The van der Waals surface area contributed by atoms with Gasteiger partial charge < -0.3 is 19.0 Å². The highest BCUT2D eigenvalue weighted by atomic mass is 16.5. The molecule has 2 aliphatic heterocycles. The van der Waals surface area contributed by atoms with E-state index in [1.807, 2.05) is 45.5 Å². The number of carbonyl (C=O) groups is 3. The Morgan fingerprint density at radius 3 is 2.76 bits per heavy atom. The van der Waals surface area contributed by atoms with Gasteiger partial charge in [-0.05, 0) is 57.2 Å². The number of rotatable bonds is 7. The summed E-state index contributed by atoms with van der Waals surface area (Å²) in [4.78, 5) is 46.1. The fraction of sp³-hybridized carbons (Fsp3) is 0.519. The molecule has 0 saturated carbocycles. The van der Waals surface area contributed by atoms with E-state index in [-0.39, 0.29) is 36.3 Å². The zero-order chi connectivity index (χ0) is 26.1. The van der Waals surface area contributed by atoms with E-state index in [0.717, 1.165) is 47.4 Å². The van der Waals surface area contributed by atoms with Crippen molar-refractivity contribution in [2.24, 2.45) is 5.92 Å². The van der Waals surface area contributed by atoms with E-state index in [4.69, 9.17) is 9.72 Å². The minimum Gasteiger partial charge on any atom is -0.452 e. The number of aromatic nitrogens is 4. The highest BCUT2D eigenvalue weighted by molar-refractivity contribution is 5.95. The molecule has 0 N–H and O–H groups in total. The normalized spacial score (nSPS) is 19.3. The van der Waals surface area contributed by atoms with Crippen molar-refractivity contribution in [3.05, 3.63) is 42.0 Å². The van der Waals surface area contributed by atoms with Gasteiger partial charge in [-0.25, -0.2) is 9.78 Å². The second kappa shape index (κ2) is 10.4. The van der Waals surface area contributed by atoms with Crippen molar-refractivity contribution in [1.29, 1.82) is 0 Å². The molecule has 0 spiro atoms. The van der Waals surface area contributed by atoms with Crippen LogP contribution in [-0.4, -0.2) is 68.3 Å². The van der Waals surface area contributed by atoms with E-state index in [0.29, 0.717) is 32.5 Å². The quantitative estimate of drug-likeness (QED) is 0.488. The maximum absolute atomic E-state index is 13.4. The molecule has 5 rings (SSSR count). The third-order valence-electron chi connectivity index (χ3n) is 7.60. The van der Waals surface area contributed by atoms with Crippen LogP contribution >= 0.6 is 0 Å². The molecule has 10 heteroatoms. The fourth-order valence-corrected chi connectivity index (χ4v) is 5.74. The van der Waals surface area contributed by atoms with Crippen molar-refractivity contribution in [2.45, 2.75) is 65.1 Å². The van der Waals surface area contributed by atoms with Crippen LogP contribution in [0.2, 0.25) is 0 Å². The molecule has 0 aliphatic carbocycles. The van der Waals surface area contributed by atoms with Gasteiger partial charge in [0.1, 0.15) is 18.2 Å². The first-order chi connectivity index (χ1) is 17.9. The molecule has 1 saturated heterocycles. The molecule has 10 nitrogen and oxygen atoms in total. The number of nitrogens with zero attached hydrogens (tertiary/aromatic N) is 6. The number of likely N-dealkylation sites (tertiary alicyclic amines) is 1. The highest BCUT2D eigenvalue weighted by Crippen LogP contribution is 2.36. The van der Waals surface area contributed by atoms with Gasteiger partial charge >= 0.3 is 6.09 Å². The number of carbonyl (C=O) groups excluding carboxylic acids is 3. The third kappa shape index (κ3) is 4.97. The van der Waals surface area contributed by atoms with Crippen LogP contribution in [0, 0.1) is 5.92 Å². The average Bonchev–Trinajstić information content (AvgIpc) is 3.62. The molecule has 1 aromatic carbocycles. The molecular formula is C27H34N6O4. The van der Waals surface area contributed by atoms with Gasteiger partial charge in [-0.1, -0.05) is 0 Å². The molecule has 2 aromatic heterocycles. The largest absolute Gasteiger partial charge is 0.452 e. The first-order valence-electron chi connectivity index (χ1n) is 13.0. The van der Waals surface area contributed by atoms with Crippen LogP contribution < -0.4 is 4.90 Å². The lowest BCUT2D eigenvalue weighted by Crippen LogP contribution is -2.42. The lowest BCUT2D eigenvalue weighted by Gasteiger charge is -2.34. The molecule has 2 aliphatic rings. The van der Waals surface area contributed by atoms with Crippen molar-refractivity contribution < 1.29 is 19.1 Å². The number of aryl methyl sites for hydroxylation is 3. The SMILES string of the molecule is COC(=O)N1c2ccc3c(nc(CCn4cccn4)n3CC(=O)N3CC[C@H](CC(C)=O)C3)c2CC[C@@H]1C. The second-order valence-electron chi connectivity index (χ2n) is 10.2. The number of methoxy groups -OCH3 is 1. The minimum atomic E-state index is -0.379. The van der Waals surface area contributed by atoms with Crippen LogP contribution in [0.4, 0.5) is 10.5 Å². The van der Waals surface area contributed by atoms with Gasteiger partial charge in [-0.15, -0.1) is 0 Å². The maximum Gasteiger partial charge on any atom is 0.414 e. The van der Waals surface area contributed by atoms with Crippen LogP contribution in [0.5, 0.6) is 0 Å². The molecule has 0 unspecified atom stereocenters. The molecule has 4 heterocycles. The number of ether oxygens (including phenoxy) is 1.